The first-order valence-corrected chi connectivity index (χ1v) is 6.60. The summed E-state index contributed by atoms with van der Waals surface area (Å²) in [6.07, 6.45) is 2.31. The summed E-state index contributed by atoms with van der Waals surface area (Å²) < 4.78 is 5.51. The van der Waals surface area contributed by atoms with E-state index in [9.17, 15) is 4.79 Å². The van der Waals surface area contributed by atoms with Gasteiger partial charge in [0.15, 0.2) is 11.5 Å². The lowest BCUT2D eigenvalue weighted by Crippen LogP contribution is -2.35. The molecular formula is C14H19N3O2. The number of nitrogens with zero attached hydrogens (tertiary/aromatic N) is 1. The lowest BCUT2D eigenvalue weighted by molar-refractivity contribution is -0.117. The van der Waals surface area contributed by atoms with Gasteiger partial charge in [-0.2, -0.15) is 0 Å². The molecule has 0 saturated carbocycles. The molecule has 0 spiro atoms. The van der Waals surface area contributed by atoms with Crippen LogP contribution in [-0.2, 0) is 11.2 Å². The molecule has 0 aliphatic carbocycles. The number of carbonyl (C=O) groups excluding carboxylic acids is 1. The maximum absolute atomic E-state index is 11.8. The smallest absolute Gasteiger partial charge is 0.241 e. The maximum Gasteiger partial charge on any atom is 0.241 e. The van der Waals surface area contributed by atoms with Crippen LogP contribution in [0.4, 0.5) is 5.69 Å². The van der Waals surface area contributed by atoms with Crippen LogP contribution in [0.5, 0.6) is 0 Å². The van der Waals surface area contributed by atoms with E-state index in [4.69, 9.17) is 10.2 Å². The number of aryl methyl sites for hydroxylation is 1. The van der Waals surface area contributed by atoms with E-state index in [0.29, 0.717) is 18.0 Å². The Labute approximate surface area is 112 Å². The van der Waals surface area contributed by atoms with Crippen molar-refractivity contribution >= 4 is 22.7 Å². The molecule has 0 saturated heterocycles. The number of anilines is 1. The molecule has 2 aromatic rings. The number of rotatable bonds is 5. The topological polar surface area (TPSA) is 81.2 Å². The van der Waals surface area contributed by atoms with E-state index in [1.54, 1.807) is 12.1 Å². The van der Waals surface area contributed by atoms with Crippen LogP contribution in [0, 0.1) is 0 Å². The zero-order valence-electron chi connectivity index (χ0n) is 11.3. The van der Waals surface area contributed by atoms with Gasteiger partial charge in [0.1, 0.15) is 5.52 Å². The zero-order chi connectivity index (χ0) is 13.8. The summed E-state index contributed by atoms with van der Waals surface area (Å²) in [5.74, 6) is 0.529. The highest BCUT2D eigenvalue weighted by molar-refractivity contribution is 5.96. The number of carbonyl (C=O) groups is 1. The van der Waals surface area contributed by atoms with Crippen molar-refractivity contribution in [2.75, 3.05) is 5.32 Å². The summed E-state index contributed by atoms with van der Waals surface area (Å²) in [7, 11) is 0. The summed E-state index contributed by atoms with van der Waals surface area (Å²) in [6.45, 7) is 3.98. The fraction of sp³-hybridized carbons (Fsp3) is 0.429. The lowest BCUT2D eigenvalue weighted by atomic mass is 10.1. The van der Waals surface area contributed by atoms with E-state index < -0.39 is 6.04 Å². The largest absolute Gasteiger partial charge is 0.441 e. The third-order valence-electron chi connectivity index (χ3n) is 2.94. The number of fused-ring (bicyclic) bond motifs is 1. The fourth-order valence-electron chi connectivity index (χ4n) is 1.88. The van der Waals surface area contributed by atoms with Gasteiger partial charge in [0, 0.05) is 12.1 Å². The molecule has 1 unspecified atom stereocenters. The van der Waals surface area contributed by atoms with Crippen molar-refractivity contribution in [3.8, 4) is 0 Å². The molecule has 2 rings (SSSR count). The summed E-state index contributed by atoms with van der Waals surface area (Å²) in [4.78, 5) is 16.2. The maximum atomic E-state index is 11.8. The molecule has 19 heavy (non-hydrogen) atoms. The van der Waals surface area contributed by atoms with Crippen LogP contribution in [0.3, 0.4) is 0 Å². The summed E-state index contributed by atoms with van der Waals surface area (Å²) in [6, 6.07) is 4.93. The molecule has 0 aliphatic heterocycles. The number of nitrogens with two attached hydrogens (primary N) is 1. The second-order valence-electron chi connectivity index (χ2n) is 4.53. The van der Waals surface area contributed by atoms with Gasteiger partial charge in [-0.25, -0.2) is 4.98 Å². The Bertz CT molecular complexity index is 577. The first-order chi connectivity index (χ1) is 9.13. The first-order valence-electron chi connectivity index (χ1n) is 6.60. The highest BCUT2D eigenvalue weighted by Gasteiger charge is 2.13. The normalized spacial score (nSPS) is 12.6. The lowest BCUT2D eigenvalue weighted by Gasteiger charge is -2.10. The Balaban J connectivity index is 2.14. The van der Waals surface area contributed by atoms with Crippen molar-refractivity contribution in [1.29, 1.82) is 0 Å². The van der Waals surface area contributed by atoms with Crippen molar-refractivity contribution in [2.24, 2.45) is 5.73 Å². The molecule has 1 aromatic carbocycles. The Morgan fingerprint density at radius 1 is 1.47 bits per heavy atom. The van der Waals surface area contributed by atoms with Gasteiger partial charge in [-0.15, -0.1) is 0 Å². The Morgan fingerprint density at radius 3 is 2.95 bits per heavy atom. The first kappa shape index (κ1) is 13.5. The summed E-state index contributed by atoms with van der Waals surface area (Å²) >= 11 is 0. The van der Waals surface area contributed by atoms with Crippen molar-refractivity contribution < 1.29 is 9.21 Å². The number of oxazole rings is 1. The third kappa shape index (κ3) is 3.12. The van der Waals surface area contributed by atoms with E-state index in [2.05, 4.69) is 10.3 Å². The van der Waals surface area contributed by atoms with Gasteiger partial charge in [0.2, 0.25) is 5.91 Å². The molecule has 0 bridgehead atoms. The number of hydrogen-bond donors (Lipinski definition) is 2. The van der Waals surface area contributed by atoms with Crippen molar-refractivity contribution in [1.82, 2.24) is 4.98 Å². The Hall–Kier alpha value is -1.88. The van der Waals surface area contributed by atoms with Gasteiger partial charge in [-0.3, -0.25) is 4.79 Å². The molecule has 5 heteroatoms. The number of nitrogens with one attached hydrogen (secondary N) is 1. The van der Waals surface area contributed by atoms with Crippen LogP contribution in [0.15, 0.2) is 22.6 Å². The van der Waals surface area contributed by atoms with E-state index in [1.807, 2.05) is 19.9 Å². The second-order valence-corrected chi connectivity index (χ2v) is 4.53. The fourth-order valence-corrected chi connectivity index (χ4v) is 1.88. The molecule has 1 atom stereocenters. The second kappa shape index (κ2) is 5.84. The summed E-state index contributed by atoms with van der Waals surface area (Å²) in [5, 5.41) is 2.80. The number of benzene rings is 1. The molecule has 0 aliphatic rings. The van der Waals surface area contributed by atoms with Gasteiger partial charge >= 0.3 is 0 Å². The molecule has 1 aromatic heterocycles. The molecule has 5 nitrogen and oxygen atoms in total. The van der Waals surface area contributed by atoms with Crippen molar-refractivity contribution in [3.05, 3.63) is 24.1 Å². The Morgan fingerprint density at radius 2 is 2.26 bits per heavy atom. The summed E-state index contributed by atoms with van der Waals surface area (Å²) in [5.41, 5.74) is 7.94. The molecule has 0 radical (unpaired) electrons. The highest BCUT2D eigenvalue weighted by atomic mass is 16.3. The molecule has 0 fully saturated rings. The van der Waals surface area contributed by atoms with Crippen LogP contribution in [0.1, 0.15) is 32.6 Å². The van der Waals surface area contributed by atoms with Gasteiger partial charge in [-0.1, -0.05) is 20.3 Å². The van der Waals surface area contributed by atoms with E-state index in [0.717, 1.165) is 23.9 Å². The van der Waals surface area contributed by atoms with Gasteiger partial charge < -0.3 is 15.5 Å². The number of hydrogen-bond acceptors (Lipinski definition) is 4. The van der Waals surface area contributed by atoms with Gasteiger partial charge in [0.25, 0.3) is 0 Å². The van der Waals surface area contributed by atoms with Crippen LogP contribution < -0.4 is 11.1 Å². The molecule has 1 amide bonds. The van der Waals surface area contributed by atoms with E-state index >= 15 is 0 Å². The monoisotopic (exact) mass is 261 g/mol. The zero-order valence-corrected chi connectivity index (χ0v) is 11.3. The van der Waals surface area contributed by atoms with Crippen molar-refractivity contribution in [2.45, 2.75) is 39.2 Å². The number of amides is 1. The van der Waals surface area contributed by atoms with Crippen LogP contribution in [0.25, 0.3) is 11.1 Å². The third-order valence-corrected chi connectivity index (χ3v) is 2.94. The van der Waals surface area contributed by atoms with Gasteiger partial charge in [0.05, 0.1) is 6.04 Å². The minimum atomic E-state index is -0.468. The van der Waals surface area contributed by atoms with Crippen LogP contribution in [0.2, 0.25) is 0 Å². The molecule has 102 valence electrons. The average molecular weight is 261 g/mol. The minimum Gasteiger partial charge on any atom is -0.441 e. The minimum absolute atomic E-state index is 0.166. The molecular weight excluding hydrogens is 242 g/mol. The predicted molar refractivity (Wildman–Crippen MR) is 74.9 cm³/mol. The average Bonchev–Trinajstić information content (AvgIpc) is 2.81. The quantitative estimate of drug-likeness (QED) is 0.866. The molecule has 3 N–H and O–H groups in total. The number of aromatic nitrogens is 1. The van der Waals surface area contributed by atoms with Crippen molar-refractivity contribution in [3.63, 3.8) is 0 Å². The SMILES string of the molecule is CCCC(N)C(=O)Nc1ccc2oc(CC)nc2c1. The standard InChI is InChI=1S/C14H19N3O2/c1-3-5-10(15)14(18)16-9-6-7-12-11(8-9)17-13(4-2)19-12/h6-8,10H,3-5,15H2,1-2H3,(H,16,18). The van der Waals surface area contributed by atoms with E-state index in [-0.39, 0.29) is 5.91 Å². The Kier molecular flexibility index (Phi) is 4.16. The van der Waals surface area contributed by atoms with Gasteiger partial charge in [-0.05, 0) is 24.6 Å². The predicted octanol–water partition coefficient (Wildman–Crippen LogP) is 2.46. The molecule has 1 heterocycles. The van der Waals surface area contributed by atoms with E-state index in [1.165, 1.54) is 0 Å². The van der Waals surface area contributed by atoms with Crippen LogP contribution in [-0.4, -0.2) is 16.9 Å². The highest BCUT2D eigenvalue weighted by Crippen LogP contribution is 2.20. The van der Waals surface area contributed by atoms with Crippen LogP contribution >= 0.6 is 0 Å².